The van der Waals surface area contributed by atoms with E-state index in [9.17, 15) is 4.79 Å². The van der Waals surface area contributed by atoms with Crippen LogP contribution in [0.15, 0.2) is 0 Å². The van der Waals surface area contributed by atoms with Crippen LogP contribution in [0.3, 0.4) is 0 Å². The smallest absolute Gasteiger partial charge is 0.309 e. The van der Waals surface area contributed by atoms with Crippen molar-refractivity contribution in [1.82, 2.24) is 5.32 Å². The highest BCUT2D eigenvalue weighted by Crippen LogP contribution is 2.35. The van der Waals surface area contributed by atoms with Crippen molar-refractivity contribution >= 4 is 5.97 Å². The Morgan fingerprint density at radius 1 is 1.50 bits per heavy atom. The molecule has 0 heterocycles. The molecule has 12 heavy (non-hydrogen) atoms. The van der Waals surface area contributed by atoms with Gasteiger partial charge in [-0.1, -0.05) is 0 Å². The average molecular weight is 171 g/mol. The number of carbonyl (C=O) groups is 1. The Labute approximate surface area is 73.2 Å². The Kier molecular flexibility index (Phi) is 2.73. The lowest BCUT2D eigenvalue weighted by Gasteiger charge is -2.33. The first-order valence-corrected chi connectivity index (χ1v) is 4.49. The molecule has 0 aromatic carbocycles. The Morgan fingerprint density at radius 2 is 2.00 bits per heavy atom. The fourth-order valence-corrected chi connectivity index (χ4v) is 1.76. The summed E-state index contributed by atoms with van der Waals surface area (Å²) in [4.78, 5) is 10.9. The lowest BCUT2D eigenvalue weighted by molar-refractivity contribution is -0.150. The lowest BCUT2D eigenvalue weighted by Crippen LogP contribution is -2.38. The van der Waals surface area contributed by atoms with E-state index < -0.39 is 11.4 Å². The van der Waals surface area contributed by atoms with Crippen LogP contribution in [0.4, 0.5) is 0 Å². The van der Waals surface area contributed by atoms with Gasteiger partial charge >= 0.3 is 5.97 Å². The van der Waals surface area contributed by atoms with Gasteiger partial charge in [0.2, 0.25) is 0 Å². The molecule has 0 atom stereocenters. The summed E-state index contributed by atoms with van der Waals surface area (Å²) in [7, 11) is 1.94. The molecule has 1 rings (SSSR count). The molecule has 0 aromatic heterocycles. The predicted molar refractivity (Wildman–Crippen MR) is 47.1 cm³/mol. The maximum atomic E-state index is 10.9. The topological polar surface area (TPSA) is 49.3 Å². The molecule has 0 aliphatic heterocycles. The molecule has 0 amide bonds. The van der Waals surface area contributed by atoms with Crippen LogP contribution in [0.25, 0.3) is 0 Å². The minimum Gasteiger partial charge on any atom is -0.481 e. The third-order valence-electron chi connectivity index (χ3n) is 3.01. The van der Waals surface area contributed by atoms with Crippen molar-refractivity contribution in [1.29, 1.82) is 0 Å². The van der Waals surface area contributed by atoms with E-state index in [4.69, 9.17) is 5.11 Å². The summed E-state index contributed by atoms with van der Waals surface area (Å²) in [5, 5.41) is 12.1. The van der Waals surface area contributed by atoms with Gasteiger partial charge in [-0.05, 0) is 39.7 Å². The summed E-state index contributed by atoms with van der Waals surface area (Å²) in [5.41, 5.74) is -0.465. The van der Waals surface area contributed by atoms with E-state index in [2.05, 4.69) is 5.32 Å². The molecule has 1 saturated carbocycles. The Morgan fingerprint density at radius 3 is 2.33 bits per heavy atom. The molecule has 0 saturated heterocycles. The van der Waals surface area contributed by atoms with Gasteiger partial charge in [0.15, 0.2) is 0 Å². The first kappa shape index (κ1) is 9.52. The van der Waals surface area contributed by atoms with E-state index in [1.54, 1.807) is 0 Å². The third kappa shape index (κ3) is 1.78. The van der Waals surface area contributed by atoms with Crippen LogP contribution in [0.2, 0.25) is 0 Å². The molecule has 0 bridgehead atoms. The summed E-state index contributed by atoms with van der Waals surface area (Å²) in [5.74, 6) is -0.642. The fraction of sp³-hybridized carbons (Fsp3) is 0.889. The Bertz CT molecular complexity index is 171. The monoisotopic (exact) mass is 171 g/mol. The van der Waals surface area contributed by atoms with Crippen LogP contribution in [0.5, 0.6) is 0 Å². The highest BCUT2D eigenvalue weighted by atomic mass is 16.4. The number of hydrogen-bond acceptors (Lipinski definition) is 2. The zero-order chi connectivity index (χ0) is 9.19. The number of hydrogen-bond donors (Lipinski definition) is 2. The molecular weight excluding hydrogens is 154 g/mol. The van der Waals surface area contributed by atoms with Crippen molar-refractivity contribution in [2.45, 2.75) is 38.6 Å². The van der Waals surface area contributed by atoms with Gasteiger partial charge in [-0.15, -0.1) is 0 Å². The molecule has 70 valence electrons. The van der Waals surface area contributed by atoms with E-state index in [0.717, 1.165) is 25.7 Å². The van der Waals surface area contributed by atoms with Crippen LogP contribution in [0, 0.1) is 5.41 Å². The normalized spacial score (nSPS) is 36.3. The van der Waals surface area contributed by atoms with Gasteiger partial charge in [0, 0.05) is 6.04 Å². The van der Waals surface area contributed by atoms with Crippen LogP contribution in [0.1, 0.15) is 32.6 Å². The first-order valence-electron chi connectivity index (χ1n) is 4.49. The predicted octanol–water partition coefficient (Wildman–Crippen LogP) is 1.24. The Hall–Kier alpha value is -0.570. The summed E-state index contributed by atoms with van der Waals surface area (Å²) in [6, 6.07) is 0.525. The molecule has 3 nitrogen and oxygen atoms in total. The molecular formula is C9H17NO2. The van der Waals surface area contributed by atoms with E-state index >= 15 is 0 Å². The molecule has 1 aliphatic carbocycles. The number of carboxylic acids is 1. The largest absolute Gasteiger partial charge is 0.481 e. The van der Waals surface area contributed by atoms with Crippen molar-refractivity contribution in [2.75, 3.05) is 7.05 Å². The molecule has 1 aliphatic rings. The van der Waals surface area contributed by atoms with E-state index in [0.29, 0.717) is 6.04 Å². The quantitative estimate of drug-likeness (QED) is 0.657. The third-order valence-corrected chi connectivity index (χ3v) is 3.01. The molecule has 0 aromatic rings. The summed E-state index contributed by atoms with van der Waals surface area (Å²) in [6.45, 7) is 1.85. The van der Waals surface area contributed by atoms with Gasteiger partial charge in [-0.3, -0.25) is 4.79 Å². The van der Waals surface area contributed by atoms with Crippen molar-refractivity contribution in [2.24, 2.45) is 5.41 Å². The van der Waals surface area contributed by atoms with Gasteiger partial charge in [0.05, 0.1) is 5.41 Å². The Balaban J connectivity index is 2.49. The van der Waals surface area contributed by atoms with Crippen molar-refractivity contribution in [3.8, 4) is 0 Å². The van der Waals surface area contributed by atoms with Crippen molar-refractivity contribution in [3.63, 3.8) is 0 Å². The van der Waals surface area contributed by atoms with Gasteiger partial charge in [-0.2, -0.15) is 0 Å². The summed E-state index contributed by atoms with van der Waals surface area (Å²) >= 11 is 0. The fourth-order valence-electron chi connectivity index (χ4n) is 1.76. The second-order valence-corrected chi connectivity index (χ2v) is 3.93. The van der Waals surface area contributed by atoms with Crippen molar-refractivity contribution < 1.29 is 9.90 Å². The molecule has 3 heteroatoms. The van der Waals surface area contributed by atoms with E-state index in [1.807, 2.05) is 14.0 Å². The number of nitrogens with one attached hydrogen (secondary N) is 1. The first-order chi connectivity index (χ1) is 5.58. The van der Waals surface area contributed by atoms with Crippen LogP contribution in [-0.2, 0) is 4.79 Å². The zero-order valence-electron chi connectivity index (χ0n) is 7.76. The SMILES string of the molecule is CNC1CCC(C)(C(=O)O)CC1. The standard InChI is InChI=1S/C9H17NO2/c1-9(8(11)12)5-3-7(10-2)4-6-9/h7,10H,3-6H2,1-2H3,(H,11,12). The number of rotatable bonds is 2. The maximum absolute atomic E-state index is 10.9. The lowest BCUT2D eigenvalue weighted by atomic mass is 9.74. The summed E-state index contributed by atoms with van der Waals surface area (Å²) in [6.07, 6.45) is 3.57. The molecule has 1 fully saturated rings. The van der Waals surface area contributed by atoms with Crippen LogP contribution >= 0.6 is 0 Å². The molecule has 0 spiro atoms. The van der Waals surface area contributed by atoms with Gasteiger partial charge < -0.3 is 10.4 Å². The summed E-state index contributed by atoms with van der Waals surface area (Å²) < 4.78 is 0. The molecule has 0 radical (unpaired) electrons. The number of aliphatic carboxylic acids is 1. The minimum absolute atomic E-state index is 0.465. The van der Waals surface area contributed by atoms with Crippen LogP contribution < -0.4 is 5.32 Å². The zero-order valence-corrected chi connectivity index (χ0v) is 7.76. The van der Waals surface area contributed by atoms with Gasteiger partial charge in [0.25, 0.3) is 0 Å². The van der Waals surface area contributed by atoms with Gasteiger partial charge in [0.1, 0.15) is 0 Å². The average Bonchev–Trinajstić information content (AvgIpc) is 2.06. The van der Waals surface area contributed by atoms with Crippen molar-refractivity contribution in [3.05, 3.63) is 0 Å². The second-order valence-electron chi connectivity index (χ2n) is 3.93. The van der Waals surface area contributed by atoms with Gasteiger partial charge in [-0.25, -0.2) is 0 Å². The number of carboxylic acid groups (broad SMARTS) is 1. The second kappa shape index (κ2) is 3.44. The van der Waals surface area contributed by atoms with E-state index in [-0.39, 0.29) is 0 Å². The maximum Gasteiger partial charge on any atom is 0.309 e. The molecule has 2 N–H and O–H groups in total. The highest BCUT2D eigenvalue weighted by molar-refractivity contribution is 5.74. The van der Waals surface area contributed by atoms with Crippen LogP contribution in [-0.4, -0.2) is 24.2 Å². The molecule has 0 unspecified atom stereocenters. The highest BCUT2D eigenvalue weighted by Gasteiger charge is 2.36. The minimum atomic E-state index is -0.642. The van der Waals surface area contributed by atoms with E-state index in [1.165, 1.54) is 0 Å².